The zero-order chi connectivity index (χ0) is 19.2. The van der Waals surface area contributed by atoms with E-state index in [1.54, 1.807) is 0 Å². The van der Waals surface area contributed by atoms with Crippen molar-refractivity contribution in [1.29, 1.82) is 0 Å². The largest absolute Gasteiger partial charge is 0.342 e. The molecule has 0 aromatic heterocycles. The van der Waals surface area contributed by atoms with Crippen molar-refractivity contribution in [3.05, 3.63) is 71.8 Å². The van der Waals surface area contributed by atoms with E-state index in [1.165, 1.54) is 5.56 Å². The number of likely N-dealkylation sites (tertiary alicyclic amines) is 1. The van der Waals surface area contributed by atoms with E-state index in [9.17, 15) is 4.79 Å². The van der Waals surface area contributed by atoms with E-state index >= 15 is 0 Å². The van der Waals surface area contributed by atoms with Gasteiger partial charge in [0.25, 0.3) is 0 Å². The van der Waals surface area contributed by atoms with Gasteiger partial charge in [-0.15, -0.1) is 12.4 Å². The highest BCUT2D eigenvalue weighted by Crippen LogP contribution is 2.37. The molecule has 4 nitrogen and oxygen atoms in total. The molecule has 2 N–H and O–H groups in total. The number of carbonyl (C=O) groups is 1. The van der Waals surface area contributed by atoms with Gasteiger partial charge in [-0.3, -0.25) is 9.69 Å². The number of likely N-dealkylation sites (N-methyl/N-ethyl adjacent to an activating group) is 1. The molecular formula is C23H32ClN3O. The minimum absolute atomic E-state index is 0. The molecule has 1 aliphatic heterocycles. The lowest BCUT2D eigenvalue weighted by atomic mass is 9.89. The first-order chi connectivity index (χ1) is 13.2. The van der Waals surface area contributed by atoms with Gasteiger partial charge in [-0.1, -0.05) is 60.7 Å². The van der Waals surface area contributed by atoms with Crippen molar-refractivity contribution in [3.8, 4) is 0 Å². The quantitative estimate of drug-likeness (QED) is 0.769. The molecule has 28 heavy (non-hydrogen) atoms. The summed E-state index contributed by atoms with van der Waals surface area (Å²) in [6.07, 6.45) is 0. The molecule has 1 fully saturated rings. The SMILES string of the molecule is CCN(CC)C(=O)C(c1ccccc1)N1C[C@@H](CN)[C@H](c2ccccc2)C1.Cl. The Balaban J connectivity index is 0.00000280. The van der Waals surface area contributed by atoms with Crippen molar-refractivity contribution < 1.29 is 4.79 Å². The highest BCUT2D eigenvalue weighted by atomic mass is 35.5. The summed E-state index contributed by atoms with van der Waals surface area (Å²) in [5, 5.41) is 0. The average molecular weight is 402 g/mol. The van der Waals surface area contributed by atoms with Gasteiger partial charge in [0, 0.05) is 32.1 Å². The lowest BCUT2D eigenvalue weighted by Crippen LogP contribution is -2.42. The zero-order valence-corrected chi connectivity index (χ0v) is 17.6. The van der Waals surface area contributed by atoms with Crippen molar-refractivity contribution in [2.45, 2.75) is 25.8 Å². The van der Waals surface area contributed by atoms with Crippen LogP contribution >= 0.6 is 12.4 Å². The second-order valence-electron chi connectivity index (χ2n) is 7.29. The van der Waals surface area contributed by atoms with Gasteiger partial charge in [0.15, 0.2) is 0 Å². The van der Waals surface area contributed by atoms with E-state index in [0.717, 1.165) is 31.7 Å². The summed E-state index contributed by atoms with van der Waals surface area (Å²) in [6, 6.07) is 20.5. The smallest absolute Gasteiger partial charge is 0.244 e. The van der Waals surface area contributed by atoms with Crippen molar-refractivity contribution in [1.82, 2.24) is 9.80 Å². The third-order valence-electron chi connectivity index (χ3n) is 5.79. The Morgan fingerprint density at radius 3 is 2.14 bits per heavy atom. The molecule has 0 aliphatic carbocycles. The maximum atomic E-state index is 13.4. The summed E-state index contributed by atoms with van der Waals surface area (Å²) >= 11 is 0. The van der Waals surface area contributed by atoms with Crippen LogP contribution in [0.25, 0.3) is 0 Å². The van der Waals surface area contributed by atoms with Crippen LogP contribution in [0.2, 0.25) is 0 Å². The van der Waals surface area contributed by atoms with E-state index in [-0.39, 0.29) is 24.4 Å². The average Bonchev–Trinajstić information content (AvgIpc) is 3.14. The van der Waals surface area contributed by atoms with Gasteiger partial charge < -0.3 is 10.6 Å². The van der Waals surface area contributed by atoms with Crippen LogP contribution in [0.15, 0.2) is 60.7 Å². The minimum atomic E-state index is -0.242. The molecule has 2 aromatic rings. The van der Waals surface area contributed by atoms with Gasteiger partial charge in [0.05, 0.1) is 0 Å². The molecule has 0 saturated carbocycles. The Morgan fingerprint density at radius 2 is 1.61 bits per heavy atom. The van der Waals surface area contributed by atoms with Crippen molar-refractivity contribution in [2.75, 3.05) is 32.7 Å². The third kappa shape index (κ3) is 4.75. The highest BCUT2D eigenvalue weighted by molar-refractivity contribution is 5.85. The molecule has 0 bridgehead atoms. The number of nitrogens with zero attached hydrogens (tertiary/aromatic N) is 2. The molecule has 5 heteroatoms. The van der Waals surface area contributed by atoms with Gasteiger partial charge in [-0.25, -0.2) is 0 Å². The molecule has 3 atom stereocenters. The number of hydrogen-bond acceptors (Lipinski definition) is 3. The maximum Gasteiger partial charge on any atom is 0.244 e. The van der Waals surface area contributed by atoms with Crippen molar-refractivity contribution >= 4 is 18.3 Å². The van der Waals surface area contributed by atoms with Gasteiger partial charge in [-0.05, 0) is 37.4 Å². The first-order valence-corrected chi connectivity index (χ1v) is 10.0. The number of halogens is 1. The predicted octanol–water partition coefficient (Wildman–Crippen LogP) is 3.69. The summed E-state index contributed by atoms with van der Waals surface area (Å²) in [7, 11) is 0. The van der Waals surface area contributed by atoms with E-state index < -0.39 is 0 Å². The Bertz CT molecular complexity index is 721. The lowest BCUT2D eigenvalue weighted by Gasteiger charge is -2.32. The molecule has 1 amide bonds. The highest BCUT2D eigenvalue weighted by Gasteiger charge is 2.40. The first kappa shape index (κ1) is 22.4. The molecule has 3 rings (SSSR count). The van der Waals surface area contributed by atoms with Crippen molar-refractivity contribution in [2.24, 2.45) is 11.7 Å². The summed E-state index contributed by atoms with van der Waals surface area (Å²) in [5.41, 5.74) is 8.51. The summed E-state index contributed by atoms with van der Waals surface area (Å²) in [4.78, 5) is 17.7. The molecule has 1 aliphatic rings. The summed E-state index contributed by atoms with van der Waals surface area (Å²) in [6.45, 7) is 7.90. The number of amides is 1. The van der Waals surface area contributed by atoms with Crippen LogP contribution in [0.3, 0.4) is 0 Å². The number of benzene rings is 2. The number of hydrogen-bond donors (Lipinski definition) is 1. The molecule has 2 aromatic carbocycles. The fraction of sp³-hybridized carbons (Fsp3) is 0.435. The van der Waals surface area contributed by atoms with Crippen LogP contribution < -0.4 is 5.73 Å². The second kappa shape index (κ2) is 10.6. The van der Waals surface area contributed by atoms with Gasteiger partial charge >= 0.3 is 0 Å². The van der Waals surface area contributed by atoms with Crippen molar-refractivity contribution in [3.63, 3.8) is 0 Å². The second-order valence-corrected chi connectivity index (χ2v) is 7.29. The van der Waals surface area contributed by atoms with Crippen LogP contribution in [0.1, 0.15) is 36.9 Å². The Kier molecular flexibility index (Phi) is 8.49. The Morgan fingerprint density at radius 1 is 1.04 bits per heavy atom. The molecule has 0 spiro atoms. The predicted molar refractivity (Wildman–Crippen MR) is 118 cm³/mol. The third-order valence-corrected chi connectivity index (χ3v) is 5.79. The van der Waals surface area contributed by atoms with Crippen LogP contribution in [-0.2, 0) is 4.79 Å². The Hall–Kier alpha value is -1.88. The maximum absolute atomic E-state index is 13.4. The molecule has 0 radical (unpaired) electrons. The summed E-state index contributed by atoms with van der Waals surface area (Å²) in [5.74, 6) is 0.922. The fourth-order valence-corrected chi connectivity index (χ4v) is 4.29. The molecule has 152 valence electrons. The summed E-state index contributed by atoms with van der Waals surface area (Å²) < 4.78 is 0. The topological polar surface area (TPSA) is 49.6 Å². The Labute approximate surface area is 175 Å². The van der Waals surface area contributed by atoms with Gasteiger partial charge in [0.2, 0.25) is 5.91 Å². The van der Waals surface area contributed by atoms with Crippen LogP contribution in [0, 0.1) is 5.92 Å². The zero-order valence-electron chi connectivity index (χ0n) is 16.8. The molecule has 1 unspecified atom stereocenters. The van der Waals surface area contributed by atoms with E-state index in [4.69, 9.17) is 5.73 Å². The molecule has 1 saturated heterocycles. The minimum Gasteiger partial charge on any atom is -0.342 e. The standard InChI is InChI=1S/C23H31N3O.ClH/c1-3-25(4-2)23(27)22(19-13-9-6-10-14-19)26-16-20(15-24)21(17-26)18-11-7-5-8-12-18;/h5-14,20-22H,3-4,15-17,24H2,1-2H3;1H/t20-,21+,22?;/m1./s1. The van der Waals surface area contributed by atoms with Gasteiger partial charge in [-0.2, -0.15) is 0 Å². The fourth-order valence-electron chi connectivity index (χ4n) is 4.29. The van der Waals surface area contributed by atoms with Gasteiger partial charge in [0.1, 0.15) is 6.04 Å². The first-order valence-electron chi connectivity index (χ1n) is 10.0. The lowest BCUT2D eigenvalue weighted by molar-refractivity contribution is -0.136. The van der Waals surface area contributed by atoms with E-state index in [1.807, 2.05) is 43.0 Å². The molecule has 1 heterocycles. The number of nitrogens with two attached hydrogens (primary N) is 1. The number of carbonyl (C=O) groups excluding carboxylic acids is 1. The monoisotopic (exact) mass is 401 g/mol. The number of rotatable bonds is 7. The normalized spacial score (nSPS) is 20.4. The van der Waals surface area contributed by atoms with Crippen LogP contribution in [-0.4, -0.2) is 48.4 Å². The van der Waals surface area contributed by atoms with Crippen LogP contribution in [0.5, 0.6) is 0 Å². The van der Waals surface area contributed by atoms with E-state index in [0.29, 0.717) is 18.4 Å². The van der Waals surface area contributed by atoms with Crippen LogP contribution in [0.4, 0.5) is 0 Å². The van der Waals surface area contributed by atoms with E-state index in [2.05, 4.69) is 41.3 Å². The molecular weight excluding hydrogens is 370 g/mol.